The maximum atomic E-state index is 13.0. The molecular weight excluding hydrogens is 529 g/mol. The molecule has 0 saturated carbocycles. The highest BCUT2D eigenvalue weighted by atomic mass is 35.5. The van der Waals surface area contributed by atoms with E-state index in [1.165, 1.54) is 5.56 Å². The van der Waals surface area contributed by atoms with E-state index in [-0.39, 0.29) is 16.5 Å². The molecule has 2 aromatic heterocycles. The van der Waals surface area contributed by atoms with Crippen molar-refractivity contribution in [3.63, 3.8) is 0 Å². The van der Waals surface area contributed by atoms with Crippen LogP contribution >= 0.6 is 34.7 Å². The minimum atomic E-state index is -4.54. The Morgan fingerprint density at radius 1 is 1.14 bits per heavy atom. The van der Waals surface area contributed by atoms with E-state index >= 15 is 0 Å². The number of hydrogen-bond acceptors (Lipinski definition) is 5. The molecule has 0 unspecified atom stereocenters. The minimum Gasteiger partial charge on any atom is -0.324 e. The van der Waals surface area contributed by atoms with Gasteiger partial charge < -0.3 is 9.88 Å². The van der Waals surface area contributed by atoms with E-state index in [4.69, 9.17) is 11.6 Å². The molecule has 4 aromatic rings. The fourth-order valence-electron chi connectivity index (χ4n) is 3.69. The topological polar surface area (TPSA) is 59.8 Å². The Morgan fingerprint density at radius 2 is 1.86 bits per heavy atom. The molecule has 0 aliphatic heterocycles. The smallest absolute Gasteiger partial charge is 0.324 e. The summed E-state index contributed by atoms with van der Waals surface area (Å²) in [5.74, 6) is 0.125. The van der Waals surface area contributed by atoms with Gasteiger partial charge in [0.05, 0.1) is 22.0 Å². The zero-order valence-electron chi connectivity index (χ0n) is 19.6. The third-order valence-electron chi connectivity index (χ3n) is 5.49. The number of hydrogen-bond donors (Lipinski definition) is 1. The first-order chi connectivity index (χ1) is 17.1. The van der Waals surface area contributed by atoms with E-state index in [2.05, 4.69) is 52.1 Å². The van der Waals surface area contributed by atoms with Crippen molar-refractivity contribution < 1.29 is 18.0 Å². The summed E-state index contributed by atoms with van der Waals surface area (Å²) in [5.41, 5.74) is 3.34. The molecule has 0 radical (unpaired) electrons. The van der Waals surface area contributed by atoms with Gasteiger partial charge in [-0.05, 0) is 44.5 Å². The van der Waals surface area contributed by atoms with Gasteiger partial charge in [-0.15, -0.1) is 21.5 Å². The summed E-state index contributed by atoms with van der Waals surface area (Å²) in [6, 6.07) is 11.1. The Bertz CT molecular complexity index is 1400. The predicted octanol–water partition coefficient (Wildman–Crippen LogP) is 7.71. The molecule has 11 heteroatoms. The zero-order valence-corrected chi connectivity index (χ0v) is 22.0. The number of aromatic nitrogens is 3. The van der Waals surface area contributed by atoms with Crippen LogP contribution < -0.4 is 5.32 Å². The van der Waals surface area contributed by atoms with E-state index in [9.17, 15) is 18.0 Å². The summed E-state index contributed by atoms with van der Waals surface area (Å²) in [6.07, 6.45) is -4.54. The van der Waals surface area contributed by atoms with Crippen LogP contribution in [0.4, 0.5) is 18.9 Å². The van der Waals surface area contributed by atoms with Gasteiger partial charge in [0.15, 0.2) is 11.0 Å². The Hall–Kier alpha value is -2.82. The van der Waals surface area contributed by atoms with E-state index < -0.39 is 17.6 Å². The number of benzene rings is 2. The van der Waals surface area contributed by atoms with Crippen molar-refractivity contribution in [1.29, 1.82) is 0 Å². The summed E-state index contributed by atoms with van der Waals surface area (Å²) in [5, 5.41) is 13.8. The molecule has 1 N–H and O–H groups in total. The quantitative estimate of drug-likeness (QED) is 0.239. The molecule has 0 aliphatic carbocycles. The van der Waals surface area contributed by atoms with Crippen molar-refractivity contribution in [1.82, 2.24) is 14.8 Å². The van der Waals surface area contributed by atoms with Gasteiger partial charge in [0.1, 0.15) is 0 Å². The molecule has 0 aliphatic rings. The fourth-order valence-corrected chi connectivity index (χ4v) is 5.52. The molecule has 1 amide bonds. The van der Waals surface area contributed by atoms with E-state index in [1.54, 1.807) is 11.3 Å². The number of carbonyl (C=O) groups is 1. The van der Waals surface area contributed by atoms with Crippen LogP contribution in [-0.2, 0) is 17.5 Å². The van der Waals surface area contributed by atoms with Gasteiger partial charge in [0, 0.05) is 27.9 Å². The number of thioether (sulfide) groups is 1. The number of aryl methyl sites for hydroxylation is 2. The summed E-state index contributed by atoms with van der Waals surface area (Å²) in [6.45, 7) is 6.65. The third kappa shape index (κ3) is 5.61. The van der Waals surface area contributed by atoms with Gasteiger partial charge in [-0.25, -0.2) is 0 Å². The minimum absolute atomic E-state index is 0.0248. The largest absolute Gasteiger partial charge is 0.416 e. The van der Waals surface area contributed by atoms with Crippen LogP contribution in [-0.4, -0.2) is 26.4 Å². The van der Waals surface area contributed by atoms with Crippen LogP contribution in [0.25, 0.3) is 22.5 Å². The standard InChI is InChI=1S/C25H22ClF3N4OS2/c1-4-33-23(18-12-35-15(3)22(18)16-7-5-14(2)6-8-16)31-32-24(33)36-13-21(34)30-20-11-17(25(27,28)29)9-10-19(20)26/h5-12H,4,13H2,1-3H3,(H,30,34). The number of nitrogens with one attached hydrogen (secondary N) is 1. The van der Waals surface area contributed by atoms with Crippen molar-refractivity contribution >= 4 is 46.3 Å². The lowest BCUT2D eigenvalue weighted by molar-refractivity contribution is -0.137. The number of amides is 1. The normalized spacial score (nSPS) is 11.6. The summed E-state index contributed by atoms with van der Waals surface area (Å²) in [4.78, 5) is 13.7. The number of anilines is 1. The highest BCUT2D eigenvalue weighted by Crippen LogP contribution is 2.39. The Kier molecular flexibility index (Phi) is 7.77. The van der Waals surface area contributed by atoms with Crippen molar-refractivity contribution in [3.8, 4) is 22.5 Å². The maximum Gasteiger partial charge on any atom is 0.416 e. The van der Waals surface area contributed by atoms with Crippen LogP contribution in [0.5, 0.6) is 0 Å². The predicted molar refractivity (Wildman–Crippen MR) is 140 cm³/mol. The highest BCUT2D eigenvalue weighted by Gasteiger charge is 2.31. The Balaban J connectivity index is 1.53. The molecule has 0 saturated heterocycles. The summed E-state index contributed by atoms with van der Waals surface area (Å²) >= 11 is 8.78. The van der Waals surface area contributed by atoms with Gasteiger partial charge in [0.25, 0.3) is 0 Å². The van der Waals surface area contributed by atoms with Gasteiger partial charge in [-0.1, -0.05) is 53.2 Å². The van der Waals surface area contributed by atoms with Crippen molar-refractivity contribution in [2.75, 3.05) is 11.1 Å². The monoisotopic (exact) mass is 550 g/mol. The Labute approximate surface area is 219 Å². The summed E-state index contributed by atoms with van der Waals surface area (Å²) in [7, 11) is 0. The first-order valence-corrected chi connectivity index (χ1v) is 13.2. The molecule has 36 heavy (non-hydrogen) atoms. The molecule has 4 rings (SSSR count). The number of nitrogens with zero attached hydrogens (tertiary/aromatic N) is 3. The second-order valence-corrected chi connectivity index (χ2v) is 10.5. The SMILES string of the molecule is CCn1c(SCC(=O)Nc2cc(C(F)(F)F)ccc2Cl)nnc1-c1csc(C)c1-c1ccc(C)cc1. The van der Waals surface area contributed by atoms with Crippen molar-refractivity contribution in [2.24, 2.45) is 0 Å². The Morgan fingerprint density at radius 3 is 2.53 bits per heavy atom. The van der Waals surface area contributed by atoms with Crippen LogP contribution in [0.3, 0.4) is 0 Å². The maximum absolute atomic E-state index is 13.0. The lowest BCUT2D eigenvalue weighted by Crippen LogP contribution is -2.16. The molecule has 0 fully saturated rings. The number of carbonyl (C=O) groups excluding carboxylic acids is 1. The van der Waals surface area contributed by atoms with Crippen LogP contribution in [0.2, 0.25) is 5.02 Å². The third-order valence-corrected chi connectivity index (χ3v) is 7.70. The molecule has 188 valence electrons. The number of rotatable bonds is 7. The molecule has 2 heterocycles. The van der Waals surface area contributed by atoms with Crippen LogP contribution in [0.15, 0.2) is 53.0 Å². The molecular formula is C25H22ClF3N4OS2. The zero-order chi connectivity index (χ0) is 26.0. The van der Waals surface area contributed by atoms with E-state index in [0.29, 0.717) is 17.5 Å². The van der Waals surface area contributed by atoms with E-state index in [0.717, 1.165) is 51.5 Å². The second kappa shape index (κ2) is 10.7. The van der Waals surface area contributed by atoms with Crippen molar-refractivity contribution in [3.05, 3.63) is 68.9 Å². The molecule has 0 spiro atoms. The average Bonchev–Trinajstić information content (AvgIpc) is 3.41. The average molecular weight is 551 g/mol. The number of halogens is 4. The number of alkyl halides is 3. The molecule has 5 nitrogen and oxygen atoms in total. The number of thiophene rings is 1. The van der Waals surface area contributed by atoms with Gasteiger partial charge in [-0.3, -0.25) is 4.79 Å². The lowest BCUT2D eigenvalue weighted by Gasteiger charge is -2.12. The first kappa shape index (κ1) is 26.2. The van der Waals surface area contributed by atoms with Crippen LogP contribution in [0.1, 0.15) is 22.9 Å². The summed E-state index contributed by atoms with van der Waals surface area (Å²) < 4.78 is 41.0. The van der Waals surface area contributed by atoms with Crippen molar-refractivity contribution in [2.45, 2.75) is 38.6 Å². The fraction of sp³-hybridized carbons (Fsp3) is 0.240. The van der Waals surface area contributed by atoms with Gasteiger partial charge in [-0.2, -0.15) is 13.2 Å². The lowest BCUT2D eigenvalue weighted by atomic mass is 10.0. The molecule has 0 bridgehead atoms. The second-order valence-electron chi connectivity index (χ2n) is 8.03. The van der Waals surface area contributed by atoms with Gasteiger partial charge >= 0.3 is 6.18 Å². The van der Waals surface area contributed by atoms with Crippen LogP contribution in [0, 0.1) is 13.8 Å². The highest BCUT2D eigenvalue weighted by molar-refractivity contribution is 7.99. The molecule has 2 aromatic carbocycles. The molecule has 0 atom stereocenters. The first-order valence-electron chi connectivity index (χ1n) is 11.0. The van der Waals surface area contributed by atoms with Gasteiger partial charge in [0.2, 0.25) is 5.91 Å². The van der Waals surface area contributed by atoms with E-state index in [1.807, 2.05) is 18.4 Å².